The maximum absolute atomic E-state index is 6.07. The fraction of sp³-hybridized carbons (Fsp3) is 0.727. The second kappa shape index (κ2) is 6.81. The Bertz CT molecular complexity index is 325. The lowest BCUT2D eigenvalue weighted by Gasteiger charge is -2.02. The maximum Gasteiger partial charge on any atom is 0.117 e. The van der Waals surface area contributed by atoms with Crippen molar-refractivity contribution in [1.82, 2.24) is 9.78 Å². The lowest BCUT2D eigenvalue weighted by molar-refractivity contribution is 0.200. The molecule has 1 aromatic rings. The van der Waals surface area contributed by atoms with E-state index in [0.717, 1.165) is 48.0 Å². The van der Waals surface area contributed by atoms with E-state index in [-0.39, 0.29) is 0 Å². The van der Waals surface area contributed by atoms with Crippen LogP contribution in [0.2, 0.25) is 0 Å². The van der Waals surface area contributed by atoms with Gasteiger partial charge in [0.1, 0.15) is 5.03 Å². The Kier molecular flexibility index (Phi) is 5.69. The van der Waals surface area contributed by atoms with Gasteiger partial charge in [0.15, 0.2) is 0 Å². The summed E-state index contributed by atoms with van der Waals surface area (Å²) in [5.74, 6) is 1.02. The zero-order valence-electron chi connectivity index (χ0n) is 10.3. The zero-order valence-corrected chi connectivity index (χ0v) is 11.1. The first-order chi connectivity index (χ1) is 7.70. The number of nitrogens with zero attached hydrogens (tertiary/aromatic N) is 2. The molecule has 1 heterocycles. The molecule has 0 bridgehead atoms. The fourth-order valence-corrected chi connectivity index (χ4v) is 2.50. The lowest BCUT2D eigenvalue weighted by Crippen LogP contribution is -1.96. The molecule has 0 saturated heterocycles. The Morgan fingerprint density at radius 1 is 1.50 bits per heavy atom. The van der Waals surface area contributed by atoms with Gasteiger partial charge in [0.2, 0.25) is 0 Å². The van der Waals surface area contributed by atoms with Crippen LogP contribution in [0.4, 0.5) is 5.69 Å². The molecule has 5 heteroatoms. The Labute approximate surface area is 102 Å². The van der Waals surface area contributed by atoms with E-state index in [0.29, 0.717) is 0 Å². The predicted molar refractivity (Wildman–Crippen MR) is 68.8 cm³/mol. The van der Waals surface area contributed by atoms with Gasteiger partial charge in [0, 0.05) is 26.5 Å². The smallest absolute Gasteiger partial charge is 0.117 e. The van der Waals surface area contributed by atoms with Crippen molar-refractivity contribution in [3.8, 4) is 0 Å². The second-order valence-electron chi connectivity index (χ2n) is 3.73. The first kappa shape index (κ1) is 13.4. The molecule has 2 N–H and O–H groups in total. The number of aromatic nitrogens is 2. The Morgan fingerprint density at radius 3 is 2.88 bits per heavy atom. The van der Waals surface area contributed by atoms with Crippen LogP contribution in [-0.2, 0) is 18.2 Å². The molecule has 16 heavy (non-hydrogen) atoms. The molecule has 0 unspecified atom stereocenters. The first-order valence-corrected chi connectivity index (χ1v) is 6.62. The summed E-state index contributed by atoms with van der Waals surface area (Å²) in [4.78, 5) is 0. The number of anilines is 1. The van der Waals surface area contributed by atoms with Crippen LogP contribution < -0.4 is 5.73 Å². The molecule has 0 aromatic carbocycles. The number of aryl methyl sites for hydroxylation is 2. The van der Waals surface area contributed by atoms with Gasteiger partial charge < -0.3 is 10.5 Å². The maximum atomic E-state index is 6.07. The van der Waals surface area contributed by atoms with Crippen LogP contribution in [0.3, 0.4) is 0 Å². The lowest BCUT2D eigenvalue weighted by atomic mass is 10.2. The molecule has 0 aliphatic heterocycles. The largest absolute Gasteiger partial charge is 0.395 e. The third kappa shape index (κ3) is 3.42. The van der Waals surface area contributed by atoms with Crippen molar-refractivity contribution in [2.75, 3.05) is 25.2 Å². The fourth-order valence-electron chi connectivity index (χ4n) is 1.54. The molecule has 0 atom stereocenters. The van der Waals surface area contributed by atoms with Crippen LogP contribution in [0.25, 0.3) is 0 Å². The van der Waals surface area contributed by atoms with Crippen molar-refractivity contribution in [2.24, 2.45) is 7.05 Å². The number of nitrogen functional groups attached to an aromatic ring is 1. The molecule has 0 saturated carbocycles. The van der Waals surface area contributed by atoms with E-state index in [1.165, 1.54) is 0 Å². The van der Waals surface area contributed by atoms with Crippen molar-refractivity contribution >= 4 is 17.4 Å². The number of rotatable bonds is 7. The third-order valence-electron chi connectivity index (χ3n) is 2.32. The first-order valence-electron chi connectivity index (χ1n) is 5.63. The van der Waals surface area contributed by atoms with E-state index in [9.17, 15) is 0 Å². The molecule has 0 aliphatic rings. The third-order valence-corrected chi connectivity index (χ3v) is 3.57. The highest BCUT2D eigenvalue weighted by molar-refractivity contribution is 7.99. The van der Waals surface area contributed by atoms with E-state index < -0.39 is 0 Å². The van der Waals surface area contributed by atoms with Crippen LogP contribution in [0.15, 0.2) is 5.03 Å². The van der Waals surface area contributed by atoms with E-state index in [1.54, 1.807) is 18.9 Å². The molecule has 0 aliphatic carbocycles. The number of hydrogen-bond donors (Lipinski definition) is 1. The quantitative estimate of drug-likeness (QED) is 0.588. The van der Waals surface area contributed by atoms with Gasteiger partial charge in [-0.25, -0.2) is 0 Å². The van der Waals surface area contributed by atoms with Gasteiger partial charge in [0.25, 0.3) is 0 Å². The summed E-state index contributed by atoms with van der Waals surface area (Å²) in [6.07, 6.45) is 3.07. The summed E-state index contributed by atoms with van der Waals surface area (Å²) in [7, 11) is 3.68. The van der Waals surface area contributed by atoms with Crippen molar-refractivity contribution in [3.05, 3.63) is 5.69 Å². The van der Waals surface area contributed by atoms with Crippen LogP contribution in [0.5, 0.6) is 0 Å². The number of methoxy groups -OCH3 is 1. The average molecular weight is 243 g/mol. The highest BCUT2D eigenvalue weighted by atomic mass is 32.2. The number of nitrogens with two attached hydrogens (primary N) is 1. The van der Waals surface area contributed by atoms with Gasteiger partial charge in [-0.15, -0.1) is 11.8 Å². The standard InChI is InChI=1S/C11H21N3OS/c1-4-6-9-10(12)11(14(2)13-9)16-8-5-7-15-3/h4-8,12H2,1-3H3. The monoisotopic (exact) mass is 243 g/mol. The van der Waals surface area contributed by atoms with Crippen LogP contribution in [0.1, 0.15) is 25.5 Å². The summed E-state index contributed by atoms with van der Waals surface area (Å²) in [5.41, 5.74) is 7.95. The summed E-state index contributed by atoms with van der Waals surface area (Å²) in [5, 5.41) is 5.52. The highest BCUT2D eigenvalue weighted by Crippen LogP contribution is 2.28. The van der Waals surface area contributed by atoms with E-state index >= 15 is 0 Å². The minimum atomic E-state index is 0.798. The van der Waals surface area contributed by atoms with Crippen LogP contribution in [0, 0.1) is 0 Å². The Morgan fingerprint density at radius 2 is 2.25 bits per heavy atom. The molecular formula is C11H21N3OS. The molecule has 92 valence electrons. The average Bonchev–Trinajstić information content (AvgIpc) is 2.52. The Hall–Kier alpha value is -0.680. The molecule has 1 rings (SSSR count). The van der Waals surface area contributed by atoms with Crippen LogP contribution >= 0.6 is 11.8 Å². The van der Waals surface area contributed by atoms with Crippen molar-refractivity contribution in [1.29, 1.82) is 0 Å². The van der Waals surface area contributed by atoms with Gasteiger partial charge in [-0.2, -0.15) is 5.10 Å². The SMILES string of the molecule is CCCc1nn(C)c(SCCCOC)c1N. The van der Waals surface area contributed by atoms with E-state index in [4.69, 9.17) is 10.5 Å². The minimum Gasteiger partial charge on any atom is -0.395 e. The van der Waals surface area contributed by atoms with Crippen molar-refractivity contribution in [3.63, 3.8) is 0 Å². The van der Waals surface area contributed by atoms with Crippen LogP contribution in [-0.4, -0.2) is 29.3 Å². The minimum absolute atomic E-state index is 0.798. The molecular weight excluding hydrogens is 222 g/mol. The molecule has 4 nitrogen and oxygen atoms in total. The van der Waals surface area contributed by atoms with Gasteiger partial charge >= 0.3 is 0 Å². The van der Waals surface area contributed by atoms with Crippen molar-refractivity contribution < 1.29 is 4.74 Å². The number of ether oxygens (including phenoxy) is 1. The highest BCUT2D eigenvalue weighted by Gasteiger charge is 2.12. The van der Waals surface area contributed by atoms with E-state index in [2.05, 4.69) is 12.0 Å². The number of hydrogen-bond acceptors (Lipinski definition) is 4. The topological polar surface area (TPSA) is 53.1 Å². The summed E-state index contributed by atoms with van der Waals surface area (Å²) in [6, 6.07) is 0. The molecule has 0 spiro atoms. The molecule has 0 radical (unpaired) electrons. The normalized spacial score (nSPS) is 10.9. The molecule has 1 aromatic heterocycles. The second-order valence-corrected chi connectivity index (χ2v) is 4.82. The molecule has 0 amide bonds. The van der Waals surface area contributed by atoms with Gasteiger partial charge in [-0.05, 0) is 12.8 Å². The summed E-state index contributed by atoms with van der Waals surface area (Å²) >= 11 is 1.76. The summed E-state index contributed by atoms with van der Waals surface area (Å²) in [6.45, 7) is 2.94. The van der Waals surface area contributed by atoms with Gasteiger partial charge in [-0.3, -0.25) is 4.68 Å². The summed E-state index contributed by atoms with van der Waals surface area (Å²) < 4.78 is 6.90. The van der Waals surface area contributed by atoms with Crippen molar-refractivity contribution in [2.45, 2.75) is 31.2 Å². The predicted octanol–water partition coefficient (Wildman–Crippen LogP) is 2.08. The number of thioether (sulfide) groups is 1. The Balaban J connectivity index is 2.57. The molecule has 0 fully saturated rings. The van der Waals surface area contributed by atoms with E-state index in [1.807, 2.05) is 11.7 Å². The van der Waals surface area contributed by atoms with Gasteiger partial charge in [0.05, 0.1) is 11.4 Å². The van der Waals surface area contributed by atoms with Gasteiger partial charge in [-0.1, -0.05) is 13.3 Å². The zero-order chi connectivity index (χ0) is 12.0.